The van der Waals surface area contributed by atoms with E-state index in [9.17, 15) is 4.79 Å². The summed E-state index contributed by atoms with van der Waals surface area (Å²) in [6, 6.07) is 17.0. The van der Waals surface area contributed by atoms with Crippen LogP contribution in [0.3, 0.4) is 0 Å². The Labute approximate surface area is 307 Å². The van der Waals surface area contributed by atoms with Crippen molar-refractivity contribution in [3.8, 4) is 5.75 Å². The molecule has 3 amide bonds. The van der Waals surface area contributed by atoms with E-state index in [1.165, 1.54) is 0 Å². The van der Waals surface area contributed by atoms with Crippen molar-refractivity contribution in [2.45, 2.75) is 84.3 Å². The Morgan fingerprint density at radius 1 is 0.880 bits per heavy atom. The molecule has 3 heterocycles. The van der Waals surface area contributed by atoms with Crippen LogP contribution in [0.2, 0.25) is 10.0 Å². The number of amidine groups is 1. The number of pyridine rings is 1. The van der Waals surface area contributed by atoms with E-state index in [1.807, 2.05) is 92.1 Å². The van der Waals surface area contributed by atoms with Gasteiger partial charge >= 0.3 is 6.03 Å². The van der Waals surface area contributed by atoms with Crippen LogP contribution in [-0.4, -0.2) is 82.3 Å². The molecule has 9 nitrogen and oxygen atoms in total. The van der Waals surface area contributed by atoms with Crippen molar-refractivity contribution in [1.29, 1.82) is 0 Å². The number of nitrogens with one attached hydrogen (secondary N) is 1. The van der Waals surface area contributed by atoms with E-state index >= 15 is 4.79 Å². The fraction of sp³-hybridized carbons (Fsp3) is 0.487. The number of carbonyl (C=O) groups is 2. The Hall–Kier alpha value is -3.66. The topological polar surface area (TPSA) is 90.4 Å². The van der Waals surface area contributed by atoms with E-state index in [1.54, 1.807) is 6.20 Å². The van der Waals surface area contributed by atoms with Crippen LogP contribution in [0, 0.1) is 0 Å². The van der Waals surface area contributed by atoms with E-state index in [2.05, 4.69) is 44.8 Å². The Morgan fingerprint density at radius 2 is 1.44 bits per heavy atom. The van der Waals surface area contributed by atoms with Crippen LogP contribution in [0.15, 0.2) is 65.8 Å². The molecule has 0 saturated carbocycles. The molecule has 0 bridgehead atoms. The van der Waals surface area contributed by atoms with E-state index in [-0.39, 0.29) is 29.4 Å². The van der Waals surface area contributed by atoms with Gasteiger partial charge in [0.25, 0.3) is 0 Å². The zero-order valence-electron chi connectivity index (χ0n) is 30.7. The number of benzene rings is 2. The van der Waals surface area contributed by atoms with Crippen molar-refractivity contribution in [2.75, 3.05) is 39.3 Å². The summed E-state index contributed by atoms with van der Waals surface area (Å²) >= 11 is 12.8. The zero-order valence-corrected chi connectivity index (χ0v) is 32.2. The lowest BCUT2D eigenvalue weighted by atomic mass is 9.71. The number of halogens is 2. The van der Waals surface area contributed by atoms with Gasteiger partial charge in [-0.25, -0.2) is 4.79 Å². The summed E-state index contributed by atoms with van der Waals surface area (Å²) in [6.07, 6.45) is 1.78. The molecule has 1 N–H and O–H groups in total. The number of hydrogen-bond acceptors (Lipinski definition) is 6. The first-order chi connectivity index (χ1) is 23.4. The lowest BCUT2D eigenvalue weighted by Gasteiger charge is -2.47. The van der Waals surface area contributed by atoms with Crippen LogP contribution in [0.1, 0.15) is 84.7 Å². The van der Waals surface area contributed by atoms with Gasteiger partial charge in [-0.2, -0.15) is 0 Å². The molecule has 268 valence electrons. The van der Waals surface area contributed by atoms with Crippen molar-refractivity contribution in [1.82, 2.24) is 25.0 Å². The Kier molecular flexibility index (Phi) is 10.6. The molecule has 1 aromatic heterocycles. The molecule has 11 heteroatoms. The molecule has 1 fully saturated rings. The van der Waals surface area contributed by atoms with E-state index < -0.39 is 11.1 Å². The molecule has 5 rings (SSSR count). The quantitative estimate of drug-likeness (QED) is 0.271. The molecule has 1 saturated heterocycles. The number of amides is 3. The van der Waals surface area contributed by atoms with Crippen molar-refractivity contribution >= 4 is 41.0 Å². The highest BCUT2D eigenvalue weighted by molar-refractivity contribution is 6.30. The summed E-state index contributed by atoms with van der Waals surface area (Å²) in [7, 11) is 0. The molecule has 0 radical (unpaired) electrons. The summed E-state index contributed by atoms with van der Waals surface area (Å²) in [5.41, 5.74) is 0.695. The largest absolute Gasteiger partial charge is 0.493 e. The highest BCUT2D eigenvalue weighted by Gasteiger charge is 2.60. The minimum absolute atomic E-state index is 0.0325. The molecule has 0 aliphatic carbocycles. The second-order valence-corrected chi connectivity index (χ2v) is 16.4. The molecule has 2 atom stereocenters. The standard InChI is InChI=1S/C39H50Cl2N6O3/c1-10-50-31-23-32(36(2,3)4)42-24-30(31)34-44-38(8,26-11-15-28(40)16-12-26)39(9,27-13-17-29(41)18-14-27)47(34)35(49)46-21-19-45(20-22-46)25-33(48)43-37(5,6)7/h11-18,23-24H,10,19-22,25H2,1-9H3,(H,43,48)/t38-,39+/m0/s1. The van der Waals surface area contributed by atoms with E-state index in [0.717, 1.165) is 16.8 Å². The third-order valence-electron chi connectivity index (χ3n) is 9.64. The average Bonchev–Trinajstić information content (AvgIpc) is 3.28. The van der Waals surface area contributed by atoms with Gasteiger partial charge in [-0.1, -0.05) is 68.2 Å². The Morgan fingerprint density at radius 3 is 1.96 bits per heavy atom. The smallest absolute Gasteiger partial charge is 0.326 e. The highest BCUT2D eigenvalue weighted by Crippen LogP contribution is 2.54. The first kappa shape index (κ1) is 37.6. The number of ether oxygens (including phenoxy) is 1. The van der Waals surface area contributed by atoms with Crippen molar-refractivity contribution in [3.63, 3.8) is 0 Å². The summed E-state index contributed by atoms with van der Waals surface area (Å²) in [5.74, 6) is 1.04. The number of hydrogen-bond donors (Lipinski definition) is 1. The fourth-order valence-corrected chi connectivity index (χ4v) is 7.01. The lowest BCUT2D eigenvalue weighted by Crippen LogP contribution is -2.61. The van der Waals surface area contributed by atoms with Gasteiger partial charge in [-0.15, -0.1) is 0 Å². The van der Waals surface area contributed by atoms with Crippen molar-refractivity contribution in [3.05, 3.63) is 93.2 Å². The van der Waals surface area contributed by atoms with Gasteiger partial charge in [0.2, 0.25) is 5.91 Å². The predicted molar refractivity (Wildman–Crippen MR) is 201 cm³/mol. The van der Waals surface area contributed by atoms with Crippen LogP contribution in [0.25, 0.3) is 0 Å². The average molecular weight is 722 g/mol. The molecular weight excluding hydrogens is 671 g/mol. The third kappa shape index (κ3) is 7.51. The maximum absolute atomic E-state index is 15.2. The molecule has 2 aromatic carbocycles. The predicted octanol–water partition coefficient (Wildman–Crippen LogP) is 7.63. The zero-order chi connectivity index (χ0) is 36.6. The van der Waals surface area contributed by atoms with Gasteiger partial charge in [-0.3, -0.25) is 24.6 Å². The fourth-order valence-electron chi connectivity index (χ4n) is 6.76. The van der Waals surface area contributed by atoms with Crippen LogP contribution in [0.5, 0.6) is 5.75 Å². The van der Waals surface area contributed by atoms with Crippen LogP contribution < -0.4 is 10.1 Å². The summed E-state index contributed by atoms with van der Waals surface area (Å²) in [4.78, 5) is 44.1. The first-order valence-corrected chi connectivity index (χ1v) is 18.0. The maximum Gasteiger partial charge on any atom is 0.326 e. The van der Waals surface area contributed by atoms with Crippen molar-refractivity contribution in [2.24, 2.45) is 4.99 Å². The number of carbonyl (C=O) groups excluding carboxylic acids is 2. The molecule has 2 aliphatic rings. The highest BCUT2D eigenvalue weighted by atomic mass is 35.5. The normalized spacial score (nSPS) is 21.6. The van der Waals surface area contributed by atoms with Crippen LogP contribution in [-0.2, 0) is 21.3 Å². The van der Waals surface area contributed by atoms with Gasteiger partial charge in [0.05, 0.1) is 18.7 Å². The minimum atomic E-state index is -1.03. The third-order valence-corrected chi connectivity index (χ3v) is 10.1. The Balaban J connectivity index is 1.64. The lowest BCUT2D eigenvalue weighted by molar-refractivity contribution is -0.124. The second kappa shape index (κ2) is 14.2. The number of nitrogens with zero attached hydrogens (tertiary/aromatic N) is 5. The van der Waals surface area contributed by atoms with Gasteiger partial charge in [0.15, 0.2) is 0 Å². The number of piperazine rings is 1. The molecule has 3 aromatic rings. The summed E-state index contributed by atoms with van der Waals surface area (Å²) < 4.78 is 6.27. The van der Waals surface area contributed by atoms with Crippen LogP contribution >= 0.6 is 23.2 Å². The minimum Gasteiger partial charge on any atom is -0.493 e. The SMILES string of the molecule is CCOc1cc(C(C)(C)C)ncc1C1=N[C@@](C)(c2ccc(Cl)cc2)[C@@](C)(c2ccc(Cl)cc2)N1C(=O)N1CCN(CC(=O)NC(C)(C)C)CC1. The number of urea groups is 1. The Bertz CT molecular complexity index is 1740. The van der Waals surface area contributed by atoms with Crippen molar-refractivity contribution < 1.29 is 14.3 Å². The second-order valence-electron chi connectivity index (χ2n) is 15.5. The van der Waals surface area contributed by atoms with Gasteiger partial charge in [0, 0.05) is 65.1 Å². The van der Waals surface area contributed by atoms with Gasteiger partial charge in [0.1, 0.15) is 22.7 Å². The summed E-state index contributed by atoms with van der Waals surface area (Å²) in [5, 5.41) is 4.24. The monoisotopic (exact) mass is 720 g/mol. The van der Waals surface area contributed by atoms with Gasteiger partial charge < -0.3 is 15.0 Å². The first-order valence-electron chi connectivity index (χ1n) is 17.3. The van der Waals surface area contributed by atoms with E-state index in [0.29, 0.717) is 60.0 Å². The molecule has 2 aliphatic heterocycles. The summed E-state index contributed by atoms with van der Waals surface area (Å²) in [6.45, 7) is 21.0. The molecule has 50 heavy (non-hydrogen) atoms. The van der Waals surface area contributed by atoms with Crippen LogP contribution in [0.4, 0.5) is 4.79 Å². The number of aliphatic imine (C=N–C) groups is 1. The van der Waals surface area contributed by atoms with E-state index in [4.69, 9.17) is 37.9 Å². The molecule has 0 spiro atoms. The maximum atomic E-state index is 15.2. The number of rotatable bonds is 7. The molecule has 0 unspecified atom stereocenters. The number of aromatic nitrogens is 1. The van der Waals surface area contributed by atoms with Gasteiger partial charge in [-0.05, 0) is 76.9 Å². The molecular formula is C39H50Cl2N6O3.